The lowest BCUT2D eigenvalue weighted by Gasteiger charge is -2.43. The third-order valence-electron chi connectivity index (χ3n) is 9.46. The SMILES string of the molecule is COCC1O[C@H](OCC2O[C@H](OC)C(O)[C@@H](OC(=O)N[C@@H](CCC(=O)CCCCCCCN=[N+]=[N-])C(=O)CCCCCCCN=[N+]=[N-])[C@@H]2O)C(O)[C@@H](O)[C@@H]1O. The Bertz CT molecular complexity index is 1240. The molecule has 1 amide bonds. The molecule has 2 rings (SSSR count). The van der Waals surface area contributed by atoms with E-state index in [1.165, 1.54) is 14.2 Å². The topological polar surface area (TPSA) is 317 Å². The van der Waals surface area contributed by atoms with E-state index in [-0.39, 0.29) is 37.4 Å². The molecule has 0 aromatic rings. The maximum atomic E-state index is 13.3. The summed E-state index contributed by atoms with van der Waals surface area (Å²) in [4.78, 5) is 44.7. The summed E-state index contributed by atoms with van der Waals surface area (Å²) in [5, 5.41) is 62.3. The number of ether oxygens (including phenoxy) is 6. The molecule has 0 aromatic carbocycles. The highest BCUT2D eigenvalue weighted by Crippen LogP contribution is 2.27. The van der Waals surface area contributed by atoms with Gasteiger partial charge in [0.05, 0.1) is 19.3 Å². The Kier molecular flexibility index (Phi) is 23.9. The summed E-state index contributed by atoms with van der Waals surface area (Å²) in [5.41, 5.74) is 16.8. The molecule has 21 nitrogen and oxygen atoms in total. The fourth-order valence-electron chi connectivity index (χ4n) is 6.27. The van der Waals surface area contributed by atoms with Crippen LogP contribution in [0.3, 0.4) is 0 Å². The number of hydrogen-bond acceptors (Lipinski definition) is 16. The summed E-state index contributed by atoms with van der Waals surface area (Å²) >= 11 is 0. The number of amides is 1. The van der Waals surface area contributed by atoms with Gasteiger partial charge in [-0.05, 0) is 43.2 Å². The molecule has 55 heavy (non-hydrogen) atoms. The van der Waals surface area contributed by atoms with Crippen LogP contribution in [-0.2, 0) is 38.0 Å². The van der Waals surface area contributed by atoms with Crippen molar-refractivity contribution in [2.24, 2.45) is 10.2 Å². The third kappa shape index (κ3) is 17.2. The highest BCUT2D eigenvalue weighted by molar-refractivity contribution is 5.88. The Morgan fingerprint density at radius 2 is 1.25 bits per heavy atom. The number of carbonyl (C=O) groups is 3. The van der Waals surface area contributed by atoms with Gasteiger partial charge in [0.1, 0.15) is 48.5 Å². The van der Waals surface area contributed by atoms with Crippen molar-refractivity contribution < 1.29 is 68.3 Å². The van der Waals surface area contributed by atoms with Gasteiger partial charge in [-0.25, -0.2) is 4.79 Å². The van der Waals surface area contributed by atoms with Crippen LogP contribution in [0, 0.1) is 0 Å². The largest absolute Gasteiger partial charge is 0.440 e. The second kappa shape index (κ2) is 27.4. The molecule has 0 saturated carbocycles. The Balaban J connectivity index is 2.02. The number of nitrogens with one attached hydrogen (secondary N) is 1. The second-order valence-corrected chi connectivity index (χ2v) is 13.6. The number of methoxy groups -OCH3 is 2. The van der Waals surface area contributed by atoms with Crippen molar-refractivity contribution in [3.63, 3.8) is 0 Å². The molecule has 21 heteroatoms. The number of carbonyl (C=O) groups excluding carboxylic acids is 3. The maximum Gasteiger partial charge on any atom is 0.408 e. The van der Waals surface area contributed by atoms with Crippen LogP contribution in [0.15, 0.2) is 10.2 Å². The van der Waals surface area contributed by atoms with Crippen molar-refractivity contribution in [3.8, 4) is 0 Å². The molecule has 6 N–H and O–H groups in total. The van der Waals surface area contributed by atoms with E-state index >= 15 is 0 Å². The normalized spacial score (nSPS) is 28.3. The fourth-order valence-corrected chi connectivity index (χ4v) is 6.27. The first-order valence-corrected chi connectivity index (χ1v) is 18.9. The quantitative estimate of drug-likeness (QED) is 0.0287. The van der Waals surface area contributed by atoms with Crippen LogP contribution in [0.1, 0.15) is 89.9 Å². The molecular formula is C34H59N7O14. The van der Waals surface area contributed by atoms with Crippen LogP contribution >= 0.6 is 0 Å². The number of rotatable bonds is 28. The first-order valence-electron chi connectivity index (χ1n) is 18.9. The van der Waals surface area contributed by atoms with Crippen LogP contribution < -0.4 is 5.32 Å². The van der Waals surface area contributed by atoms with Gasteiger partial charge in [0.15, 0.2) is 24.5 Å². The standard InChI is InChI=1S/C34H59N7O14/c1-50-19-24-26(44)28(46)29(47)33(54-24)52-20-25-27(45)31(30(48)32(51-2)53-25)55-34(49)39-22(23(43)14-10-6-4-8-12-18-38-41-36)16-15-21(42)13-9-5-3-7-11-17-37-40-35/h22,24-33,44-48H,3-20H2,1-2H3,(H,39,49)/t22-,24?,25?,26+,27+,28-,29?,30?,31-,32-,33-/m0/s1. The fraction of sp³-hybridized carbons (Fsp3) is 0.912. The Morgan fingerprint density at radius 1 is 0.691 bits per heavy atom. The van der Waals surface area contributed by atoms with E-state index < -0.39 is 80.2 Å². The van der Waals surface area contributed by atoms with Crippen molar-refractivity contribution in [1.82, 2.24) is 5.32 Å². The van der Waals surface area contributed by atoms with Crippen molar-refractivity contribution >= 4 is 17.7 Å². The Morgan fingerprint density at radius 3 is 1.85 bits per heavy atom. The Labute approximate surface area is 320 Å². The van der Waals surface area contributed by atoms with Crippen molar-refractivity contribution in [1.29, 1.82) is 0 Å². The number of nitrogens with zero attached hydrogens (tertiary/aromatic N) is 6. The molecule has 2 fully saturated rings. The van der Waals surface area contributed by atoms with E-state index in [0.717, 1.165) is 51.4 Å². The summed E-state index contributed by atoms with van der Waals surface area (Å²) in [5.74, 6) is -0.399. The molecule has 0 spiro atoms. The van der Waals surface area contributed by atoms with Gasteiger partial charge in [-0.15, -0.1) is 0 Å². The summed E-state index contributed by atoms with van der Waals surface area (Å²) in [6.07, 6.45) is -8.19. The van der Waals surface area contributed by atoms with Gasteiger partial charge in [-0.3, -0.25) is 9.59 Å². The summed E-state index contributed by atoms with van der Waals surface area (Å²) in [7, 11) is 2.56. The average Bonchev–Trinajstić information content (AvgIpc) is 3.17. The van der Waals surface area contributed by atoms with Crippen LogP contribution in [0.5, 0.6) is 0 Å². The number of Topliss-reactive ketones (excluding diaryl/α,β-unsaturated/α-hetero) is 2. The molecule has 11 atom stereocenters. The van der Waals surface area contributed by atoms with E-state index in [2.05, 4.69) is 25.4 Å². The Hall–Kier alpha value is -3.17. The van der Waals surface area contributed by atoms with E-state index in [4.69, 9.17) is 39.5 Å². The summed E-state index contributed by atoms with van der Waals surface area (Å²) in [6, 6.07) is -1.10. The number of alkyl carbamates (subject to hydrolysis) is 1. The summed E-state index contributed by atoms with van der Waals surface area (Å²) < 4.78 is 32.3. The molecule has 0 radical (unpaired) electrons. The van der Waals surface area contributed by atoms with Crippen molar-refractivity contribution in [2.45, 2.75) is 157 Å². The molecule has 0 aromatic heterocycles. The molecule has 0 aliphatic carbocycles. The lowest BCUT2D eigenvalue weighted by atomic mass is 9.98. The van der Waals surface area contributed by atoms with Gasteiger partial charge < -0.3 is 59.3 Å². The number of unbranched alkanes of at least 4 members (excludes halogenated alkanes) is 8. The number of aliphatic hydroxyl groups is 5. The van der Waals surface area contributed by atoms with E-state index in [1.54, 1.807) is 0 Å². The number of azide groups is 2. The first kappa shape index (κ1) is 48.0. The molecule has 2 heterocycles. The predicted octanol–water partition coefficient (Wildman–Crippen LogP) is 2.23. The smallest absolute Gasteiger partial charge is 0.408 e. The van der Waals surface area contributed by atoms with Gasteiger partial charge in [0.25, 0.3) is 0 Å². The minimum absolute atomic E-state index is 0.00939. The van der Waals surface area contributed by atoms with Gasteiger partial charge in [-0.1, -0.05) is 48.8 Å². The lowest BCUT2D eigenvalue weighted by Crippen LogP contribution is -2.62. The minimum Gasteiger partial charge on any atom is -0.440 e. The summed E-state index contributed by atoms with van der Waals surface area (Å²) in [6.45, 7) is 0.189. The first-order chi connectivity index (χ1) is 26.5. The third-order valence-corrected chi connectivity index (χ3v) is 9.46. The molecule has 314 valence electrons. The predicted molar refractivity (Wildman–Crippen MR) is 192 cm³/mol. The minimum atomic E-state index is -1.72. The molecule has 2 aliphatic rings. The number of hydrogen-bond donors (Lipinski definition) is 6. The maximum absolute atomic E-state index is 13.3. The molecule has 2 saturated heterocycles. The van der Waals surface area contributed by atoms with E-state index in [9.17, 15) is 39.9 Å². The molecule has 4 unspecified atom stereocenters. The molecule has 0 bridgehead atoms. The average molecular weight is 790 g/mol. The highest BCUT2D eigenvalue weighted by atomic mass is 16.7. The second-order valence-electron chi connectivity index (χ2n) is 13.6. The highest BCUT2D eigenvalue weighted by Gasteiger charge is 2.49. The van der Waals surface area contributed by atoms with Crippen molar-refractivity contribution in [3.05, 3.63) is 20.9 Å². The van der Waals surface area contributed by atoms with Gasteiger partial charge in [0, 0.05) is 56.4 Å². The molecular weight excluding hydrogens is 730 g/mol. The molecule has 2 aliphatic heterocycles. The van der Waals surface area contributed by atoms with Crippen LogP contribution in [0.2, 0.25) is 0 Å². The lowest BCUT2D eigenvalue weighted by molar-refractivity contribution is -0.328. The van der Waals surface area contributed by atoms with Gasteiger partial charge >= 0.3 is 6.09 Å². The number of aliphatic hydroxyl groups excluding tert-OH is 5. The van der Waals surface area contributed by atoms with E-state index in [1.807, 2.05) is 0 Å². The zero-order chi connectivity index (χ0) is 40.6. The van der Waals surface area contributed by atoms with E-state index in [0.29, 0.717) is 32.4 Å². The zero-order valence-electron chi connectivity index (χ0n) is 31.7. The zero-order valence-corrected chi connectivity index (χ0v) is 31.7. The number of ketones is 2. The van der Waals surface area contributed by atoms with Crippen LogP contribution in [-0.4, -0.2) is 151 Å². The van der Waals surface area contributed by atoms with Crippen LogP contribution in [0.4, 0.5) is 4.79 Å². The van der Waals surface area contributed by atoms with Crippen LogP contribution in [0.25, 0.3) is 20.9 Å². The van der Waals surface area contributed by atoms with Gasteiger partial charge in [-0.2, -0.15) is 0 Å². The van der Waals surface area contributed by atoms with Gasteiger partial charge in [0.2, 0.25) is 0 Å². The van der Waals surface area contributed by atoms with Crippen molar-refractivity contribution in [2.75, 3.05) is 40.5 Å². The monoisotopic (exact) mass is 789 g/mol.